The van der Waals surface area contributed by atoms with E-state index < -0.39 is 11.7 Å². The van der Waals surface area contributed by atoms with Crippen molar-refractivity contribution in [2.45, 2.75) is 25.9 Å². The third-order valence-corrected chi connectivity index (χ3v) is 3.87. The second-order valence-electron chi connectivity index (χ2n) is 5.73. The number of benzene rings is 1. The van der Waals surface area contributed by atoms with Crippen LogP contribution < -0.4 is 5.32 Å². The zero-order valence-electron chi connectivity index (χ0n) is 12.6. The zero-order valence-corrected chi connectivity index (χ0v) is 12.6. The van der Waals surface area contributed by atoms with Gasteiger partial charge in [-0.2, -0.15) is 13.2 Å². The van der Waals surface area contributed by atoms with E-state index in [9.17, 15) is 18.0 Å². The quantitative estimate of drug-likeness (QED) is 0.930. The summed E-state index contributed by atoms with van der Waals surface area (Å²) in [6, 6.07) is 5.22. The van der Waals surface area contributed by atoms with Crippen molar-refractivity contribution in [3.63, 3.8) is 0 Å². The van der Waals surface area contributed by atoms with Gasteiger partial charge in [-0.1, -0.05) is 25.1 Å². The number of nitrogens with zero attached hydrogens (tertiary/aromatic N) is 1. The van der Waals surface area contributed by atoms with Gasteiger partial charge in [0, 0.05) is 25.6 Å². The maximum Gasteiger partial charge on any atom is 0.416 e. The van der Waals surface area contributed by atoms with Gasteiger partial charge >= 0.3 is 6.18 Å². The van der Waals surface area contributed by atoms with E-state index in [2.05, 4.69) is 5.32 Å². The molecule has 1 amide bonds. The van der Waals surface area contributed by atoms with E-state index in [-0.39, 0.29) is 11.8 Å². The Kier molecular flexibility index (Phi) is 5.45. The maximum absolute atomic E-state index is 12.7. The molecule has 3 nitrogen and oxygen atoms in total. The summed E-state index contributed by atoms with van der Waals surface area (Å²) in [5, 5.41) is 3.23. The number of nitrogens with one attached hydrogen (secondary N) is 1. The highest BCUT2D eigenvalue weighted by Crippen LogP contribution is 2.30. The maximum atomic E-state index is 12.7. The van der Waals surface area contributed by atoms with Crippen LogP contribution in [0.25, 0.3) is 0 Å². The molecule has 1 N–H and O–H groups in total. The Morgan fingerprint density at radius 1 is 1.32 bits per heavy atom. The molecular weight excluding hydrogens is 293 g/mol. The molecule has 0 bridgehead atoms. The summed E-state index contributed by atoms with van der Waals surface area (Å²) in [5.41, 5.74) is -0.118. The van der Waals surface area contributed by atoms with Crippen molar-refractivity contribution in [3.8, 4) is 0 Å². The minimum absolute atomic E-state index is 0.0149. The molecule has 1 atom stereocenters. The smallest absolute Gasteiger partial charge is 0.341 e. The molecule has 1 unspecified atom stereocenters. The van der Waals surface area contributed by atoms with E-state index in [0.29, 0.717) is 25.1 Å². The van der Waals surface area contributed by atoms with Crippen molar-refractivity contribution in [2.24, 2.45) is 5.92 Å². The molecule has 0 saturated carbocycles. The SMILES string of the molecule is CC(Cc1cccc(C(F)(F)F)c1)C(=O)N1CCCNCC1. The van der Waals surface area contributed by atoms with Gasteiger partial charge in [0.15, 0.2) is 0 Å². The third-order valence-electron chi connectivity index (χ3n) is 3.87. The van der Waals surface area contributed by atoms with Crippen molar-refractivity contribution >= 4 is 5.91 Å². The molecule has 1 aromatic carbocycles. The van der Waals surface area contributed by atoms with Crippen molar-refractivity contribution in [1.29, 1.82) is 0 Å². The molecule has 0 radical (unpaired) electrons. The predicted molar refractivity (Wildman–Crippen MR) is 78.4 cm³/mol. The van der Waals surface area contributed by atoms with Crippen molar-refractivity contribution in [2.75, 3.05) is 26.2 Å². The molecule has 22 heavy (non-hydrogen) atoms. The zero-order chi connectivity index (χ0) is 16.2. The van der Waals surface area contributed by atoms with Crippen molar-refractivity contribution < 1.29 is 18.0 Å². The number of alkyl halides is 3. The first-order chi connectivity index (χ1) is 10.4. The third kappa shape index (κ3) is 4.47. The van der Waals surface area contributed by atoms with Gasteiger partial charge in [-0.3, -0.25) is 4.79 Å². The summed E-state index contributed by atoms with van der Waals surface area (Å²) >= 11 is 0. The van der Waals surface area contributed by atoms with Crippen LogP contribution in [0.15, 0.2) is 24.3 Å². The van der Waals surface area contributed by atoms with Gasteiger partial charge in [0.25, 0.3) is 0 Å². The topological polar surface area (TPSA) is 32.3 Å². The van der Waals surface area contributed by atoms with Gasteiger partial charge in [0.2, 0.25) is 5.91 Å². The molecule has 122 valence electrons. The lowest BCUT2D eigenvalue weighted by atomic mass is 9.98. The Hall–Kier alpha value is -1.56. The fraction of sp³-hybridized carbons (Fsp3) is 0.562. The largest absolute Gasteiger partial charge is 0.416 e. The monoisotopic (exact) mass is 314 g/mol. The van der Waals surface area contributed by atoms with Crippen LogP contribution in [0.2, 0.25) is 0 Å². The molecule has 1 aliphatic heterocycles. The molecule has 2 rings (SSSR count). The Morgan fingerprint density at radius 3 is 2.82 bits per heavy atom. The van der Waals surface area contributed by atoms with Gasteiger partial charge in [-0.25, -0.2) is 0 Å². The number of carbonyl (C=O) groups is 1. The molecule has 0 aliphatic carbocycles. The summed E-state index contributed by atoms with van der Waals surface area (Å²) in [7, 11) is 0. The Morgan fingerprint density at radius 2 is 2.09 bits per heavy atom. The Labute approximate surface area is 128 Å². The second kappa shape index (κ2) is 7.13. The highest BCUT2D eigenvalue weighted by atomic mass is 19.4. The van der Waals surface area contributed by atoms with Gasteiger partial charge < -0.3 is 10.2 Å². The molecule has 6 heteroatoms. The molecule has 1 aromatic rings. The van der Waals surface area contributed by atoms with E-state index in [1.807, 2.05) is 0 Å². The Bertz CT molecular complexity index is 508. The van der Waals surface area contributed by atoms with E-state index in [4.69, 9.17) is 0 Å². The number of hydrogen-bond acceptors (Lipinski definition) is 2. The number of amides is 1. The number of rotatable bonds is 3. The van der Waals surface area contributed by atoms with E-state index in [0.717, 1.165) is 31.6 Å². The van der Waals surface area contributed by atoms with Crippen molar-refractivity contribution in [1.82, 2.24) is 10.2 Å². The average Bonchev–Trinajstić information content (AvgIpc) is 2.75. The lowest BCUT2D eigenvalue weighted by Gasteiger charge is -2.24. The highest BCUT2D eigenvalue weighted by Gasteiger charge is 2.30. The van der Waals surface area contributed by atoms with Crippen LogP contribution in [0.5, 0.6) is 0 Å². The van der Waals surface area contributed by atoms with Crippen LogP contribution in [0, 0.1) is 5.92 Å². The predicted octanol–water partition coefficient (Wildman–Crippen LogP) is 2.71. The van der Waals surface area contributed by atoms with Crippen LogP contribution in [0.1, 0.15) is 24.5 Å². The summed E-state index contributed by atoms with van der Waals surface area (Å²) in [5.74, 6) is -0.303. The van der Waals surface area contributed by atoms with Gasteiger partial charge in [0.1, 0.15) is 0 Å². The molecule has 0 aromatic heterocycles. The summed E-state index contributed by atoms with van der Waals surface area (Å²) in [6.07, 6.45) is -3.12. The highest BCUT2D eigenvalue weighted by molar-refractivity contribution is 5.78. The van der Waals surface area contributed by atoms with Crippen LogP contribution in [0.3, 0.4) is 0 Å². The summed E-state index contributed by atoms with van der Waals surface area (Å²) < 4.78 is 38.2. The summed E-state index contributed by atoms with van der Waals surface area (Å²) in [4.78, 5) is 14.2. The Balaban J connectivity index is 2.01. The first-order valence-electron chi connectivity index (χ1n) is 7.53. The first kappa shape index (κ1) is 16.8. The lowest BCUT2D eigenvalue weighted by molar-refractivity contribution is -0.137. The van der Waals surface area contributed by atoms with Crippen LogP contribution in [-0.4, -0.2) is 37.0 Å². The standard InChI is InChI=1S/C16H21F3N2O/c1-12(15(22)21-8-3-6-20-7-9-21)10-13-4-2-5-14(11-13)16(17,18)19/h2,4-5,11-12,20H,3,6-10H2,1H3. The van der Waals surface area contributed by atoms with Crippen LogP contribution >= 0.6 is 0 Å². The van der Waals surface area contributed by atoms with Crippen LogP contribution in [-0.2, 0) is 17.4 Å². The van der Waals surface area contributed by atoms with E-state index in [1.54, 1.807) is 17.9 Å². The second-order valence-corrected chi connectivity index (χ2v) is 5.73. The molecule has 1 saturated heterocycles. The molecule has 1 heterocycles. The number of carbonyl (C=O) groups excluding carboxylic acids is 1. The number of hydrogen-bond donors (Lipinski definition) is 1. The minimum Gasteiger partial charge on any atom is -0.341 e. The van der Waals surface area contributed by atoms with E-state index >= 15 is 0 Å². The van der Waals surface area contributed by atoms with Gasteiger partial charge in [-0.05, 0) is 31.0 Å². The number of halogens is 3. The molecule has 1 fully saturated rings. The normalized spacial score (nSPS) is 17.9. The molecule has 1 aliphatic rings. The van der Waals surface area contributed by atoms with E-state index in [1.165, 1.54) is 6.07 Å². The van der Waals surface area contributed by atoms with Crippen molar-refractivity contribution in [3.05, 3.63) is 35.4 Å². The fourth-order valence-electron chi connectivity index (χ4n) is 2.69. The molecule has 0 spiro atoms. The van der Waals surface area contributed by atoms with Gasteiger partial charge in [0.05, 0.1) is 5.56 Å². The summed E-state index contributed by atoms with van der Waals surface area (Å²) in [6.45, 7) is 4.80. The lowest BCUT2D eigenvalue weighted by Crippen LogP contribution is -2.38. The van der Waals surface area contributed by atoms with Crippen LogP contribution in [0.4, 0.5) is 13.2 Å². The molecular formula is C16H21F3N2O. The first-order valence-corrected chi connectivity index (χ1v) is 7.53. The fourth-order valence-corrected chi connectivity index (χ4v) is 2.69. The van der Waals surface area contributed by atoms with Gasteiger partial charge in [-0.15, -0.1) is 0 Å². The average molecular weight is 314 g/mol. The minimum atomic E-state index is -4.35.